The van der Waals surface area contributed by atoms with E-state index in [-0.39, 0.29) is 5.78 Å². The van der Waals surface area contributed by atoms with Crippen LogP contribution in [0.2, 0.25) is 0 Å². The number of epoxide rings is 2. The lowest BCUT2D eigenvalue weighted by Crippen LogP contribution is -2.01. The molecule has 4 rings (SSSR count). The standard InChI is InChI=1S/C19H18O3S2/c20-19(13-1-5-17(6-2-13)23-11-15-9-21-15)14-3-7-18(8-4-14)24-12-16-10-22-16/h1-8,15-16H,9-12H2. The van der Waals surface area contributed by atoms with Crippen molar-refractivity contribution >= 4 is 29.3 Å². The summed E-state index contributed by atoms with van der Waals surface area (Å²) in [4.78, 5) is 14.9. The minimum Gasteiger partial charge on any atom is -0.372 e. The quantitative estimate of drug-likeness (QED) is 0.407. The summed E-state index contributed by atoms with van der Waals surface area (Å²) in [6.45, 7) is 1.76. The largest absolute Gasteiger partial charge is 0.372 e. The SMILES string of the molecule is O=C(c1ccc(SCC2CO2)cc1)c1ccc(SCC2CO2)cc1. The van der Waals surface area contributed by atoms with Crippen LogP contribution in [0.4, 0.5) is 0 Å². The van der Waals surface area contributed by atoms with Crippen molar-refractivity contribution in [3.05, 3.63) is 59.7 Å². The Labute approximate surface area is 150 Å². The fourth-order valence-corrected chi connectivity index (χ4v) is 4.08. The Morgan fingerprint density at radius 1 is 0.792 bits per heavy atom. The summed E-state index contributed by atoms with van der Waals surface area (Å²) >= 11 is 3.55. The van der Waals surface area contributed by atoms with E-state index in [0.29, 0.717) is 12.2 Å². The smallest absolute Gasteiger partial charge is 0.193 e. The van der Waals surface area contributed by atoms with Crippen molar-refractivity contribution in [3.63, 3.8) is 0 Å². The molecule has 2 atom stereocenters. The summed E-state index contributed by atoms with van der Waals surface area (Å²) in [6.07, 6.45) is 0.832. The molecule has 0 N–H and O–H groups in total. The number of benzene rings is 2. The third-order valence-corrected chi connectivity index (χ3v) is 6.20. The topological polar surface area (TPSA) is 42.1 Å². The van der Waals surface area contributed by atoms with Crippen LogP contribution in [0.5, 0.6) is 0 Å². The Balaban J connectivity index is 1.36. The molecule has 0 aromatic heterocycles. The van der Waals surface area contributed by atoms with Crippen LogP contribution in [0, 0.1) is 0 Å². The molecule has 2 saturated heterocycles. The zero-order valence-electron chi connectivity index (χ0n) is 13.1. The number of carbonyl (C=O) groups is 1. The molecule has 2 aromatic carbocycles. The molecule has 2 fully saturated rings. The second kappa shape index (κ2) is 7.31. The third kappa shape index (κ3) is 4.42. The first-order valence-electron chi connectivity index (χ1n) is 8.01. The van der Waals surface area contributed by atoms with Crippen molar-refractivity contribution in [3.8, 4) is 0 Å². The van der Waals surface area contributed by atoms with Gasteiger partial charge in [-0.15, -0.1) is 23.5 Å². The summed E-state index contributed by atoms with van der Waals surface area (Å²) in [5, 5.41) is 0. The molecule has 24 heavy (non-hydrogen) atoms. The molecule has 0 saturated carbocycles. The van der Waals surface area contributed by atoms with Crippen molar-refractivity contribution in [2.24, 2.45) is 0 Å². The molecule has 2 heterocycles. The number of hydrogen-bond acceptors (Lipinski definition) is 5. The van der Waals surface area contributed by atoms with Gasteiger partial charge in [0.1, 0.15) is 0 Å². The number of thioether (sulfide) groups is 2. The molecular formula is C19H18O3S2. The van der Waals surface area contributed by atoms with Crippen LogP contribution in [0.3, 0.4) is 0 Å². The van der Waals surface area contributed by atoms with Crippen molar-refractivity contribution in [2.75, 3.05) is 24.7 Å². The van der Waals surface area contributed by atoms with Gasteiger partial charge in [-0.25, -0.2) is 0 Å². The van der Waals surface area contributed by atoms with Crippen LogP contribution in [-0.4, -0.2) is 42.7 Å². The lowest BCUT2D eigenvalue weighted by atomic mass is 10.0. The number of ether oxygens (including phenoxy) is 2. The summed E-state index contributed by atoms with van der Waals surface area (Å²) < 4.78 is 10.4. The van der Waals surface area contributed by atoms with Crippen LogP contribution in [0.1, 0.15) is 15.9 Å². The van der Waals surface area contributed by atoms with E-state index in [1.54, 1.807) is 23.5 Å². The van der Waals surface area contributed by atoms with E-state index >= 15 is 0 Å². The van der Waals surface area contributed by atoms with Gasteiger partial charge in [0.05, 0.1) is 25.4 Å². The van der Waals surface area contributed by atoms with E-state index in [1.807, 2.05) is 48.5 Å². The molecular weight excluding hydrogens is 340 g/mol. The number of hydrogen-bond donors (Lipinski definition) is 0. The van der Waals surface area contributed by atoms with Gasteiger partial charge in [-0.1, -0.05) is 0 Å². The molecule has 2 aromatic rings. The van der Waals surface area contributed by atoms with E-state index in [0.717, 1.165) is 35.8 Å². The predicted octanol–water partition coefficient (Wildman–Crippen LogP) is 3.90. The Kier molecular flexibility index (Phi) is 4.94. The highest BCUT2D eigenvalue weighted by Gasteiger charge is 2.23. The minimum absolute atomic E-state index is 0.0687. The van der Waals surface area contributed by atoms with E-state index in [4.69, 9.17) is 9.47 Å². The summed E-state index contributed by atoms with van der Waals surface area (Å²) in [5.74, 6) is 2.04. The molecule has 0 bridgehead atoms. The Morgan fingerprint density at radius 2 is 1.17 bits per heavy atom. The molecule has 0 aliphatic carbocycles. The maximum absolute atomic E-state index is 12.6. The Bertz CT molecular complexity index is 643. The third-order valence-electron chi connectivity index (χ3n) is 3.91. The van der Waals surface area contributed by atoms with Crippen molar-refractivity contribution in [1.82, 2.24) is 0 Å². The summed E-state index contributed by atoms with van der Waals surface area (Å²) in [7, 11) is 0. The zero-order valence-corrected chi connectivity index (χ0v) is 14.8. The normalized spacial score (nSPS) is 21.5. The molecule has 0 spiro atoms. The first kappa shape index (κ1) is 16.2. The summed E-state index contributed by atoms with van der Waals surface area (Å²) in [5.41, 5.74) is 1.46. The lowest BCUT2D eigenvalue weighted by molar-refractivity contribution is 0.103. The molecule has 2 aliphatic heterocycles. The summed E-state index contributed by atoms with van der Waals surface area (Å²) in [6, 6.07) is 15.7. The molecule has 2 unspecified atom stereocenters. The van der Waals surface area contributed by atoms with E-state index in [2.05, 4.69) is 0 Å². The van der Waals surface area contributed by atoms with Gasteiger partial charge >= 0.3 is 0 Å². The van der Waals surface area contributed by atoms with Gasteiger partial charge in [0, 0.05) is 32.4 Å². The number of rotatable bonds is 8. The van der Waals surface area contributed by atoms with E-state index < -0.39 is 0 Å². The molecule has 3 nitrogen and oxygen atoms in total. The van der Waals surface area contributed by atoms with Gasteiger partial charge in [-0.05, 0) is 48.5 Å². The van der Waals surface area contributed by atoms with Crippen molar-refractivity contribution in [2.45, 2.75) is 22.0 Å². The molecule has 0 radical (unpaired) electrons. The van der Waals surface area contributed by atoms with Crippen LogP contribution in [0.15, 0.2) is 58.3 Å². The van der Waals surface area contributed by atoms with E-state index in [1.165, 1.54) is 9.79 Å². The van der Waals surface area contributed by atoms with Crippen LogP contribution in [0.25, 0.3) is 0 Å². The average molecular weight is 358 g/mol. The second-order valence-electron chi connectivity index (χ2n) is 5.91. The van der Waals surface area contributed by atoms with Gasteiger partial charge in [0.2, 0.25) is 0 Å². The van der Waals surface area contributed by atoms with Crippen molar-refractivity contribution < 1.29 is 14.3 Å². The maximum atomic E-state index is 12.6. The highest BCUT2D eigenvalue weighted by Crippen LogP contribution is 2.26. The lowest BCUT2D eigenvalue weighted by Gasteiger charge is -2.05. The number of carbonyl (C=O) groups excluding carboxylic acids is 1. The van der Waals surface area contributed by atoms with Gasteiger partial charge < -0.3 is 9.47 Å². The Morgan fingerprint density at radius 3 is 1.50 bits per heavy atom. The molecule has 2 aliphatic rings. The molecule has 5 heteroatoms. The van der Waals surface area contributed by atoms with E-state index in [9.17, 15) is 4.79 Å². The molecule has 0 amide bonds. The van der Waals surface area contributed by atoms with Crippen molar-refractivity contribution in [1.29, 1.82) is 0 Å². The average Bonchev–Trinajstić information content (AvgIpc) is 3.53. The van der Waals surface area contributed by atoms with Crippen LogP contribution in [-0.2, 0) is 9.47 Å². The minimum atomic E-state index is 0.0687. The predicted molar refractivity (Wildman–Crippen MR) is 97.2 cm³/mol. The van der Waals surface area contributed by atoms with Gasteiger partial charge in [0.15, 0.2) is 5.78 Å². The highest BCUT2D eigenvalue weighted by atomic mass is 32.2. The first-order chi connectivity index (χ1) is 11.8. The fourth-order valence-electron chi connectivity index (χ4n) is 2.28. The zero-order chi connectivity index (χ0) is 16.4. The monoisotopic (exact) mass is 358 g/mol. The van der Waals surface area contributed by atoms with Crippen LogP contribution >= 0.6 is 23.5 Å². The highest BCUT2D eigenvalue weighted by molar-refractivity contribution is 7.99. The Hall–Kier alpha value is -1.27. The van der Waals surface area contributed by atoms with Gasteiger partial charge in [-0.2, -0.15) is 0 Å². The fraction of sp³-hybridized carbons (Fsp3) is 0.316. The van der Waals surface area contributed by atoms with Gasteiger partial charge in [-0.3, -0.25) is 4.79 Å². The first-order valence-corrected chi connectivity index (χ1v) is 9.99. The maximum Gasteiger partial charge on any atom is 0.193 e. The molecule has 124 valence electrons. The number of ketones is 1. The van der Waals surface area contributed by atoms with Gasteiger partial charge in [0.25, 0.3) is 0 Å². The van der Waals surface area contributed by atoms with Crippen LogP contribution < -0.4 is 0 Å². The second-order valence-corrected chi connectivity index (χ2v) is 8.10.